The van der Waals surface area contributed by atoms with Gasteiger partial charge in [0.15, 0.2) is 0 Å². The van der Waals surface area contributed by atoms with Crippen molar-refractivity contribution in [2.75, 3.05) is 11.5 Å². The summed E-state index contributed by atoms with van der Waals surface area (Å²) >= 11 is 17.6. The van der Waals surface area contributed by atoms with E-state index in [4.69, 9.17) is 11.6 Å². The van der Waals surface area contributed by atoms with Crippen LogP contribution in [0, 0.1) is 0 Å². The van der Waals surface area contributed by atoms with Crippen LogP contribution in [0.3, 0.4) is 0 Å². The predicted octanol–water partition coefficient (Wildman–Crippen LogP) is 4.42. The fourth-order valence-electron chi connectivity index (χ4n) is 1.15. The van der Waals surface area contributed by atoms with Crippen LogP contribution < -0.4 is 0 Å². The summed E-state index contributed by atoms with van der Waals surface area (Å²) in [5, 5.41) is 0. The molecular formula is C8H4ClIS4Se2. The maximum absolute atomic E-state index is 6.16. The third-order valence-electron chi connectivity index (χ3n) is 1.77. The van der Waals surface area contributed by atoms with Gasteiger partial charge in [0.1, 0.15) is 0 Å². The Bertz CT molecular complexity index is 409. The monoisotopic (exact) mass is 550 g/mol. The van der Waals surface area contributed by atoms with E-state index >= 15 is 0 Å². The van der Waals surface area contributed by atoms with E-state index in [0.29, 0.717) is 29.9 Å². The zero-order valence-corrected chi connectivity index (χ0v) is 17.2. The average molecular weight is 549 g/mol. The molecule has 0 N–H and O–H groups in total. The standard InChI is InChI=1S/C8H4ClIS4Se2/c9-3-4(10)14-5(13-3)8-15-6-7(16-8)12-2-1-11-6/h1-2H2. The number of halogens is 2. The van der Waals surface area contributed by atoms with Crippen molar-refractivity contribution in [3.63, 3.8) is 0 Å². The van der Waals surface area contributed by atoms with Crippen molar-refractivity contribution in [1.82, 2.24) is 0 Å². The summed E-state index contributed by atoms with van der Waals surface area (Å²) in [5.41, 5.74) is 0. The molecule has 0 spiro atoms. The van der Waals surface area contributed by atoms with Gasteiger partial charge in [-0.25, -0.2) is 0 Å². The molecule has 3 aliphatic rings. The predicted molar refractivity (Wildman–Crippen MR) is 92.6 cm³/mol. The van der Waals surface area contributed by atoms with E-state index in [1.165, 1.54) is 18.7 Å². The molecule has 0 aliphatic carbocycles. The van der Waals surface area contributed by atoms with Crippen LogP contribution in [0.4, 0.5) is 0 Å². The molecule has 0 radical (unpaired) electrons. The topological polar surface area (TPSA) is 0 Å². The molecular weight excluding hydrogens is 545 g/mol. The molecule has 16 heavy (non-hydrogen) atoms. The normalized spacial score (nSPS) is 25.9. The van der Waals surface area contributed by atoms with Crippen LogP contribution >= 0.6 is 81.2 Å². The fourth-order valence-corrected chi connectivity index (χ4v) is 18.0. The van der Waals surface area contributed by atoms with Gasteiger partial charge in [0.25, 0.3) is 0 Å². The van der Waals surface area contributed by atoms with Gasteiger partial charge >= 0.3 is 145 Å². The van der Waals surface area contributed by atoms with Crippen molar-refractivity contribution < 1.29 is 0 Å². The zero-order chi connectivity index (χ0) is 11.1. The Kier molecular flexibility index (Phi) is 5.10. The van der Waals surface area contributed by atoms with Gasteiger partial charge < -0.3 is 0 Å². The van der Waals surface area contributed by atoms with E-state index in [-0.39, 0.29) is 0 Å². The first-order valence-corrected chi connectivity index (χ1v) is 12.7. The van der Waals surface area contributed by atoms with Crippen LogP contribution in [0.15, 0.2) is 22.5 Å². The van der Waals surface area contributed by atoms with Gasteiger partial charge in [-0.2, -0.15) is 0 Å². The van der Waals surface area contributed by atoms with E-state index in [9.17, 15) is 0 Å². The second kappa shape index (κ2) is 5.98. The van der Waals surface area contributed by atoms with Crippen LogP contribution in [0.25, 0.3) is 0 Å². The minimum atomic E-state index is 0.612. The second-order valence-electron chi connectivity index (χ2n) is 2.80. The molecule has 0 aromatic rings. The van der Waals surface area contributed by atoms with Gasteiger partial charge in [0, 0.05) is 0 Å². The molecule has 3 heterocycles. The first-order chi connectivity index (χ1) is 7.74. The number of thioether (sulfide) groups is 4. The third kappa shape index (κ3) is 2.89. The van der Waals surface area contributed by atoms with E-state index in [0.717, 1.165) is 4.36 Å². The van der Waals surface area contributed by atoms with E-state index < -0.39 is 0 Å². The molecule has 3 aliphatic heterocycles. The summed E-state index contributed by atoms with van der Waals surface area (Å²) in [7, 11) is 0. The molecule has 0 aromatic heterocycles. The quantitative estimate of drug-likeness (QED) is 0.325. The van der Waals surface area contributed by atoms with Gasteiger partial charge in [0.05, 0.1) is 0 Å². The van der Waals surface area contributed by atoms with Crippen molar-refractivity contribution in [2.45, 2.75) is 0 Å². The van der Waals surface area contributed by atoms with Gasteiger partial charge in [-0.05, 0) is 0 Å². The zero-order valence-electron chi connectivity index (χ0n) is 7.62. The molecule has 0 aromatic carbocycles. The minimum absolute atomic E-state index is 0.612. The Morgan fingerprint density at radius 1 is 1.06 bits per heavy atom. The molecule has 0 atom stereocenters. The Morgan fingerprint density at radius 3 is 2.19 bits per heavy atom. The summed E-state index contributed by atoms with van der Waals surface area (Å²) < 4.78 is 8.86. The Hall–Kier alpha value is 2.68. The van der Waals surface area contributed by atoms with Gasteiger partial charge in [-0.3, -0.25) is 0 Å². The number of rotatable bonds is 0. The van der Waals surface area contributed by atoms with Crippen molar-refractivity contribution >= 4 is 111 Å². The van der Waals surface area contributed by atoms with Gasteiger partial charge in [-0.1, -0.05) is 0 Å². The molecule has 0 unspecified atom stereocenters. The maximum atomic E-state index is 6.16. The van der Waals surface area contributed by atoms with Gasteiger partial charge in [0.2, 0.25) is 0 Å². The molecule has 8 heteroatoms. The van der Waals surface area contributed by atoms with Crippen molar-refractivity contribution in [2.24, 2.45) is 0 Å². The van der Waals surface area contributed by atoms with E-state index in [1.807, 2.05) is 11.8 Å². The molecule has 86 valence electrons. The van der Waals surface area contributed by atoms with Crippen LogP contribution in [-0.4, -0.2) is 41.4 Å². The first kappa shape index (κ1) is 13.7. The molecule has 3 rings (SSSR count). The van der Waals surface area contributed by atoms with E-state index in [1.54, 1.807) is 22.7 Å². The summed E-state index contributed by atoms with van der Waals surface area (Å²) in [5.74, 6) is 2.61. The van der Waals surface area contributed by atoms with Crippen molar-refractivity contribution in [3.05, 3.63) is 22.5 Å². The van der Waals surface area contributed by atoms with Gasteiger partial charge in [-0.15, -0.1) is 0 Å². The summed E-state index contributed by atoms with van der Waals surface area (Å²) in [4.78, 5) is 0. The Morgan fingerprint density at radius 2 is 1.69 bits per heavy atom. The second-order valence-corrected chi connectivity index (χ2v) is 16.5. The molecule has 0 fully saturated rings. The summed E-state index contributed by atoms with van der Waals surface area (Å²) in [6, 6.07) is 0. The Balaban J connectivity index is 1.79. The molecule has 0 bridgehead atoms. The fraction of sp³-hybridized carbons (Fsp3) is 0.250. The molecule has 0 amide bonds. The molecule has 0 saturated heterocycles. The van der Waals surface area contributed by atoms with E-state index in [2.05, 4.69) is 46.1 Å². The summed E-state index contributed by atoms with van der Waals surface area (Å²) in [6.45, 7) is 0. The number of hydrogen-bond acceptors (Lipinski definition) is 4. The molecule has 0 nitrogen and oxygen atoms in total. The molecule has 0 saturated carbocycles. The van der Waals surface area contributed by atoms with Crippen LogP contribution in [0.2, 0.25) is 0 Å². The number of hydrogen-bond donors (Lipinski definition) is 0. The third-order valence-corrected chi connectivity index (χ3v) is 18.3. The van der Waals surface area contributed by atoms with Crippen LogP contribution in [-0.2, 0) is 0 Å². The van der Waals surface area contributed by atoms with Crippen LogP contribution in [0.1, 0.15) is 0 Å². The Labute approximate surface area is 143 Å². The SMILES string of the molecule is ClC1=C(I)SC(=C2[Se]C3=C(SCCS3)[Se]2)S1. The van der Waals surface area contributed by atoms with Crippen molar-refractivity contribution in [3.8, 4) is 0 Å². The van der Waals surface area contributed by atoms with Crippen molar-refractivity contribution in [1.29, 1.82) is 0 Å². The first-order valence-electron chi connectivity index (χ1n) is 4.25. The average Bonchev–Trinajstić information content (AvgIpc) is 2.83. The van der Waals surface area contributed by atoms with Crippen LogP contribution in [0.5, 0.6) is 0 Å². The summed E-state index contributed by atoms with van der Waals surface area (Å²) in [6.07, 6.45) is 0.